The smallest absolute Gasteiger partial charge is 0.312 e. The molecule has 6 nitrogen and oxygen atoms in total. The Labute approximate surface area is 247 Å². The highest BCUT2D eigenvalue weighted by molar-refractivity contribution is 5.78. The molecule has 0 saturated heterocycles. The molecular formula is C35H54O6. The molecule has 0 amide bonds. The second kappa shape index (κ2) is 9.84. The van der Waals surface area contributed by atoms with Crippen LogP contribution in [0.25, 0.3) is 0 Å². The lowest BCUT2D eigenvalue weighted by molar-refractivity contribution is -0.226. The van der Waals surface area contributed by atoms with Gasteiger partial charge in [0.05, 0.1) is 12.5 Å². The Morgan fingerprint density at radius 3 is 2.17 bits per heavy atom. The van der Waals surface area contributed by atoms with Crippen molar-refractivity contribution in [2.24, 2.45) is 50.2 Å². The molecule has 4 saturated carbocycles. The summed E-state index contributed by atoms with van der Waals surface area (Å²) in [6, 6.07) is 0. The number of carbonyl (C=O) groups is 3. The maximum Gasteiger partial charge on any atom is 0.312 e. The van der Waals surface area contributed by atoms with E-state index in [1.165, 1.54) is 19.4 Å². The van der Waals surface area contributed by atoms with Gasteiger partial charge in [0.25, 0.3) is 0 Å². The Bertz CT molecular complexity index is 1140. The molecule has 0 aliphatic heterocycles. The normalized spacial score (nSPS) is 46.4. The second-order valence-electron chi connectivity index (χ2n) is 16.3. The third kappa shape index (κ3) is 4.34. The molecule has 0 bridgehead atoms. The van der Waals surface area contributed by atoms with Crippen LogP contribution in [0.3, 0.4) is 0 Å². The highest BCUT2D eigenvalue weighted by atomic mass is 16.6. The van der Waals surface area contributed by atoms with E-state index in [4.69, 9.17) is 14.2 Å². The van der Waals surface area contributed by atoms with E-state index >= 15 is 0 Å². The second-order valence-corrected chi connectivity index (χ2v) is 16.3. The van der Waals surface area contributed by atoms with Crippen LogP contribution in [0, 0.1) is 50.2 Å². The number of ether oxygens (including phenoxy) is 3. The van der Waals surface area contributed by atoms with E-state index in [-0.39, 0.29) is 64.1 Å². The van der Waals surface area contributed by atoms with Crippen LogP contribution in [0.4, 0.5) is 0 Å². The summed E-state index contributed by atoms with van der Waals surface area (Å²) >= 11 is 0. The highest BCUT2D eigenvalue weighted by Gasteiger charge is 2.70. The van der Waals surface area contributed by atoms with E-state index in [9.17, 15) is 14.4 Å². The zero-order chi connectivity index (χ0) is 30.2. The van der Waals surface area contributed by atoms with Gasteiger partial charge in [-0.3, -0.25) is 14.4 Å². The molecule has 4 fully saturated rings. The third-order valence-electron chi connectivity index (χ3n) is 13.9. The fourth-order valence-electron chi connectivity index (χ4n) is 11.5. The van der Waals surface area contributed by atoms with Crippen molar-refractivity contribution in [2.45, 2.75) is 126 Å². The molecule has 230 valence electrons. The summed E-state index contributed by atoms with van der Waals surface area (Å²) in [5.74, 6) is 0.404. The van der Waals surface area contributed by atoms with Crippen LogP contribution >= 0.6 is 0 Å². The van der Waals surface area contributed by atoms with Gasteiger partial charge in [-0.25, -0.2) is 0 Å². The Morgan fingerprint density at radius 2 is 1.54 bits per heavy atom. The maximum atomic E-state index is 13.5. The van der Waals surface area contributed by atoms with Gasteiger partial charge < -0.3 is 14.2 Å². The number of methoxy groups -OCH3 is 1. The Balaban J connectivity index is 1.56. The van der Waals surface area contributed by atoms with Crippen LogP contribution in [0.5, 0.6) is 0 Å². The Morgan fingerprint density at radius 1 is 0.854 bits per heavy atom. The first-order valence-corrected chi connectivity index (χ1v) is 16.1. The van der Waals surface area contributed by atoms with Gasteiger partial charge in [-0.1, -0.05) is 53.2 Å². The Kier molecular flexibility index (Phi) is 7.34. The summed E-state index contributed by atoms with van der Waals surface area (Å²) in [7, 11) is 1.56. The van der Waals surface area contributed by atoms with Gasteiger partial charge in [-0.15, -0.1) is 0 Å². The van der Waals surface area contributed by atoms with Gasteiger partial charge in [0, 0.05) is 19.3 Å². The molecule has 5 aliphatic carbocycles. The van der Waals surface area contributed by atoms with Crippen molar-refractivity contribution in [3.05, 3.63) is 11.6 Å². The Hall–Kier alpha value is -1.85. The lowest BCUT2D eigenvalue weighted by Gasteiger charge is -2.71. The summed E-state index contributed by atoms with van der Waals surface area (Å²) in [4.78, 5) is 37.6. The third-order valence-corrected chi connectivity index (χ3v) is 13.9. The van der Waals surface area contributed by atoms with Crippen molar-refractivity contribution in [1.29, 1.82) is 0 Å². The van der Waals surface area contributed by atoms with Crippen LogP contribution < -0.4 is 0 Å². The zero-order valence-corrected chi connectivity index (χ0v) is 27.1. The molecule has 41 heavy (non-hydrogen) atoms. The average molecular weight is 571 g/mol. The van der Waals surface area contributed by atoms with Crippen LogP contribution in [0.15, 0.2) is 11.6 Å². The molecule has 0 aromatic carbocycles. The van der Waals surface area contributed by atoms with Gasteiger partial charge in [-0.05, 0) is 104 Å². The predicted molar refractivity (Wildman–Crippen MR) is 158 cm³/mol. The first-order chi connectivity index (χ1) is 19.0. The molecule has 1 unspecified atom stereocenters. The molecular weight excluding hydrogens is 516 g/mol. The van der Waals surface area contributed by atoms with Crippen molar-refractivity contribution in [1.82, 2.24) is 0 Å². The molecule has 0 aromatic heterocycles. The van der Waals surface area contributed by atoms with Crippen LogP contribution in [0.2, 0.25) is 0 Å². The number of hydrogen-bond donors (Lipinski definition) is 0. The average Bonchev–Trinajstić information content (AvgIpc) is 2.89. The van der Waals surface area contributed by atoms with E-state index in [2.05, 4.69) is 47.6 Å². The fraction of sp³-hybridized carbons (Fsp3) is 0.857. The van der Waals surface area contributed by atoms with Crippen LogP contribution in [-0.4, -0.2) is 37.7 Å². The topological polar surface area (TPSA) is 78.9 Å². The minimum atomic E-state index is -0.434. The maximum absolute atomic E-state index is 13.5. The molecule has 0 radical (unpaired) electrons. The fourth-order valence-corrected chi connectivity index (χ4v) is 11.5. The summed E-state index contributed by atoms with van der Waals surface area (Å²) < 4.78 is 17.1. The monoisotopic (exact) mass is 570 g/mol. The van der Waals surface area contributed by atoms with Crippen molar-refractivity contribution in [2.75, 3.05) is 13.7 Å². The number of fused-ring (bicyclic) bond motifs is 7. The largest absolute Gasteiger partial charge is 0.469 e. The highest BCUT2D eigenvalue weighted by Crippen LogP contribution is 2.76. The van der Waals surface area contributed by atoms with E-state index in [0.717, 1.165) is 64.2 Å². The number of esters is 3. The van der Waals surface area contributed by atoms with E-state index in [0.29, 0.717) is 5.92 Å². The van der Waals surface area contributed by atoms with Gasteiger partial charge in [-0.2, -0.15) is 0 Å². The molecule has 5 rings (SSSR count). The molecule has 0 spiro atoms. The van der Waals surface area contributed by atoms with E-state index in [1.807, 2.05) is 0 Å². The minimum absolute atomic E-state index is 0.00562. The lowest BCUT2D eigenvalue weighted by Crippen LogP contribution is -2.66. The number of allylic oxidation sites excluding steroid dienone is 2. The van der Waals surface area contributed by atoms with Gasteiger partial charge in [0.15, 0.2) is 0 Å². The van der Waals surface area contributed by atoms with Crippen molar-refractivity contribution < 1.29 is 28.6 Å². The summed E-state index contributed by atoms with van der Waals surface area (Å²) in [6.07, 6.45) is 12.1. The summed E-state index contributed by atoms with van der Waals surface area (Å²) in [5.41, 5.74) is 1.02. The van der Waals surface area contributed by atoms with E-state index in [1.54, 1.807) is 7.11 Å². The van der Waals surface area contributed by atoms with Gasteiger partial charge in [0.2, 0.25) is 0 Å². The van der Waals surface area contributed by atoms with Gasteiger partial charge >= 0.3 is 17.9 Å². The molecule has 0 heterocycles. The van der Waals surface area contributed by atoms with Gasteiger partial charge in [0.1, 0.15) is 12.7 Å². The number of rotatable bonds is 4. The lowest BCUT2D eigenvalue weighted by atomic mass is 9.33. The summed E-state index contributed by atoms with van der Waals surface area (Å²) in [6.45, 7) is 17.7. The minimum Gasteiger partial charge on any atom is -0.469 e. The number of carbonyl (C=O) groups excluding carboxylic acids is 3. The SMILES string of the molecule is COC(=O)[C@]12CCC(C)(C)C[C@@H]1C1=CC[C@@H]3[C@@]4(C)CC[C@H](OC(C)=O)[C@](C)(COC(C)=O)C4CC[C@@]3(C)[C@]1(C)CC2. The molecule has 0 aromatic rings. The van der Waals surface area contributed by atoms with Crippen LogP contribution in [0.1, 0.15) is 120 Å². The van der Waals surface area contributed by atoms with Crippen LogP contribution in [-0.2, 0) is 28.6 Å². The van der Waals surface area contributed by atoms with E-state index < -0.39 is 10.8 Å². The quantitative estimate of drug-likeness (QED) is 0.199. The molecule has 6 heteroatoms. The number of hydrogen-bond acceptors (Lipinski definition) is 6. The zero-order valence-electron chi connectivity index (χ0n) is 27.1. The standard InChI is InChI=1S/C35H54O6/c1-22(36)40-21-32(6)26-12-15-34(8)27(31(26,5)14-13-28(32)41-23(2)37)11-10-24-25-20-30(3,4)16-18-35(25,29(38)39-9)19-17-33(24,34)7/h10,25-28H,11-21H2,1-9H3/t25-,26?,27-,28+,31+,32-,33-,34-,35+/m1/s1. The molecule has 5 aliphatic rings. The first kappa shape index (κ1) is 30.6. The predicted octanol–water partition coefficient (Wildman–Crippen LogP) is 7.44. The van der Waals surface area contributed by atoms with Crippen molar-refractivity contribution >= 4 is 17.9 Å². The summed E-state index contributed by atoms with van der Waals surface area (Å²) in [5, 5.41) is 0. The van der Waals surface area contributed by atoms with Crippen molar-refractivity contribution in [3.63, 3.8) is 0 Å². The first-order valence-electron chi connectivity index (χ1n) is 16.1. The molecule has 0 N–H and O–H groups in total. The van der Waals surface area contributed by atoms with Crippen molar-refractivity contribution in [3.8, 4) is 0 Å². The molecule has 9 atom stereocenters.